The normalized spacial score (nSPS) is 13.9. The average molecular weight is 460 g/mol. The van der Waals surface area contributed by atoms with E-state index in [0.29, 0.717) is 28.2 Å². The van der Waals surface area contributed by atoms with Crippen LogP contribution in [0.2, 0.25) is 0 Å². The number of thiazole rings is 1. The van der Waals surface area contributed by atoms with Crippen LogP contribution in [0, 0.1) is 0 Å². The van der Waals surface area contributed by atoms with Gasteiger partial charge in [-0.25, -0.2) is 9.78 Å². The molecule has 2 aromatic heterocycles. The number of carbonyl (C=O) groups excluding carboxylic acids is 2. The van der Waals surface area contributed by atoms with E-state index in [1.807, 2.05) is 11.8 Å². The van der Waals surface area contributed by atoms with Gasteiger partial charge in [-0.05, 0) is 31.2 Å². The number of amides is 1. The van der Waals surface area contributed by atoms with Gasteiger partial charge in [0, 0.05) is 30.3 Å². The molecular formula is C20H21N5O4S2. The molecule has 1 aromatic carbocycles. The van der Waals surface area contributed by atoms with Crippen molar-refractivity contribution in [1.82, 2.24) is 14.5 Å². The van der Waals surface area contributed by atoms with Crippen molar-refractivity contribution in [2.45, 2.75) is 13.5 Å². The topological polar surface area (TPSA) is 106 Å². The summed E-state index contributed by atoms with van der Waals surface area (Å²) in [5.74, 6) is 1.28. The van der Waals surface area contributed by atoms with Crippen LogP contribution in [0.1, 0.15) is 17.3 Å². The summed E-state index contributed by atoms with van der Waals surface area (Å²) in [6, 6.07) is 6.37. The highest BCUT2D eigenvalue weighted by molar-refractivity contribution is 7.99. The number of esters is 1. The molecule has 0 bridgehead atoms. The van der Waals surface area contributed by atoms with Crippen molar-refractivity contribution in [3.8, 4) is 0 Å². The zero-order valence-corrected chi connectivity index (χ0v) is 18.5. The number of ether oxygens (including phenoxy) is 1. The number of carbonyl (C=O) groups is 2. The summed E-state index contributed by atoms with van der Waals surface area (Å²) in [5.41, 5.74) is 1.05. The summed E-state index contributed by atoms with van der Waals surface area (Å²) in [6.07, 6.45) is 1.35. The van der Waals surface area contributed by atoms with E-state index in [0.717, 1.165) is 29.7 Å². The molecule has 11 heteroatoms. The van der Waals surface area contributed by atoms with Crippen LogP contribution in [0.5, 0.6) is 0 Å². The van der Waals surface area contributed by atoms with E-state index in [1.165, 1.54) is 22.2 Å². The maximum Gasteiger partial charge on any atom is 0.338 e. The lowest BCUT2D eigenvalue weighted by molar-refractivity contribution is -0.116. The fourth-order valence-electron chi connectivity index (χ4n) is 3.10. The van der Waals surface area contributed by atoms with E-state index in [4.69, 9.17) is 4.74 Å². The maximum absolute atomic E-state index is 12.8. The number of benzene rings is 1. The van der Waals surface area contributed by atoms with Gasteiger partial charge in [-0.1, -0.05) is 11.3 Å². The molecular weight excluding hydrogens is 438 g/mol. The van der Waals surface area contributed by atoms with E-state index in [1.54, 1.807) is 31.2 Å². The number of thioether (sulfide) groups is 1. The summed E-state index contributed by atoms with van der Waals surface area (Å²) in [7, 11) is 0. The standard InChI is InChI=1S/C20H21N5O4S2/c1-2-29-19(28)13-3-5-14(6-4-13)22-15(26)11-25-12-21-17-16(18(25)27)31-20(23-17)24-7-9-30-10-8-24/h3-6,12H,2,7-11H2,1H3,(H,22,26). The van der Waals surface area contributed by atoms with Crippen molar-refractivity contribution in [2.24, 2.45) is 0 Å². The van der Waals surface area contributed by atoms with Crippen LogP contribution in [-0.4, -0.2) is 57.6 Å². The molecule has 1 fully saturated rings. The third kappa shape index (κ3) is 4.88. The molecule has 31 heavy (non-hydrogen) atoms. The maximum atomic E-state index is 12.8. The summed E-state index contributed by atoms with van der Waals surface area (Å²) < 4.78 is 6.66. The van der Waals surface area contributed by atoms with Crippen molar-refractivity contribution in [1.29, 1.82) is 0 Å². The van der Waals surface area contributed by atoms with Crippen LogP contribution in [0.15, 0.2) is 35.4 Å². The molecule has 0 spiro atoms. The van der Waals surface area contributed by atoms with Crippen molar-refractivity contribution < 1.29 is 14.3 Å². The highest BCUT2D eigenvalue weighted by Gasteiger charge is 2.18. The fourth-order valence-corrected chi connectivity index (χ4v) is 5.02. The van der Waals surface area contributed by atoms with Gasteiger partial charge in [0.2, 0.25) is 5.91 Å². The number of hydrogen-bond acceptors (Lipinski definition) is 9. The first-order valence-corrected chi connectivity index (χ1v) is 11.8. The Hall–Kier alpha value is -2.92. The van der Waals surface area contributed by atoms with Crippen molar-refractivity contribution in [2.75, 3.05) is 41.4 Å². The minimum absolute atomic E-state index is 0.172. The Balaban J connectivity index is 1.45. The van der Waals surface area contributed by atoms with Gasteiger partial charge in [-0.2, -0.15) is 16.7 Å². The van der Waals surface area contributed by atoms with Crippen LogP contribution in [0.4, 0.5) is 10.8 Å². The number of nitrogens with one attached hydrogen (secondary N) is 1. The van der Waals surface area contributed by atoms with Gasteiger partial charge in [0.05, 0.1) is 12.2 Å². The van der Waals surface area contributed by atoms with E-state index in [-0.39, 0.29) is 18.0 Å². The highest BCUT2D eigenvalue weighted by Crippen LogP contribution is 2.27. The van der Waals surface area contributed by atoms with E-state index in [2.05, 4.69) is 20.2 Å². The molecule has 9 nitrogen and oxygen atoms in total. The van der Waals surface area contributed by atoms with Crippen LogP contribution >= 0.6 is 23.1 Å². The number of anilines is 2. The molecule has 1 N–H and O–H groups in total. The lowest BCUT2D eigenvalue weighted by Crippen LogP contribution is -2.32. The van der Waals surface area contributed by atoms with Crippen LogP contribution in [0.3, 0.4) is 0 Å². The summed E-state index contributed by atoms with van der Waals surface area (Å²) in [6.45, 7) is 3.66. The molecule has 3 aromatic rings. The van der Waals surface area contributed by atoms with Gasteiger partial charge >= 0.3 is 5.97 Å². The van der Waals surface area contributed by atoms with Gasteiger partial charge in [0.25, 0.3) is 5.56 Å². The number of nitrogens with zero attached hydrogens (tertiary/aromatic N) is 4. The summed E-state index contributed by atoms with van der Waals surface area (Å²) in [5, 5.41) is 3.51. The molecule has 0 radical (unpaired) electrons. The molecule has 0 aliphatic carbocycles. The summed E-state index contributed by atoms with van der Waals surface area (Å²) in [4.78, 5) is 47.9. The second-order valence-corrected chi connectivity index (χ2v) is 8.97. The zero-order valence-electron chi connectivity index (χ0n) is 16.9. The monoisotopic (exact) mass is 459 g/mol. The Bertz CT molecular complexity index is 1150. The van der Waals surface area contributed by atoms with Gasteiger partial charge < -0.3 is 15.0 Å². The number of aromatic nitrogens is 3. The lowest BCUT2D eigenvalue weighted by atomic mass is 10.2. The Morgan fingerprint density at radius 3 is 2.65 bits per heavy atom. The molecule has 162 valence electrons. The Kier molecular flexibility index (Phi) is 6.52. The largest absolute Gasteiger partial charge is 0.462 e. The van der Waals surface area contributed by atoms with E-state index < -0.39 is 5.97 Å². The van der Waals surface area contributed by atoms with Crippen molar-refractivity contribution in [3.05, 3.63) is 46.5 Å². The number of hydrogen-bond donors (Lipinski definition) is 1. The predicted molar refractivity (Wildman–Crippen MR) is 122 cm³/mol. The quantitative estimate of drug-likeness (QED) is 0.560. The molecule has 1 amide bonds. The smallest absolute Gasteiger partial charge is 0.338 e. The molecule has 1 aliphatic heterocycles. The number of rotatable bonds is 6. The number of fused-ring (bicyclic) bond motifs is 1. The van der Waals surface area contributed by atoms with Gasteiger partial charge in [0.1, 0.15) is 17.6 Å². The molecule has 1 aliphatic rings. The Morgan fingerprint density at radius 1 is 1.19 bits per heavy atom. The van der Waals surface area contributed by atoms with Crippen LogP contribution in [0.25, 0.3) is 10.3 Å². The first kappa shape index (κ1) is 21.3. The Labute approximate surface area is 186 Å². The van der Waals surface area contributed by atoms with Gasteiger partial charge in [-0.15, -0.1) is 0 Å². The summed E-state index contributed by atoms with van der Waals surface area (Å²) >= 11 is 3.22. The second-order valence-electron chi connectivity index (χ2n) is 6.77. The second kappa shape index (κ2) is 9.48. The van der Waals surface area contributed by atoms with E-state index >= 15 is 0 Å². The predicted octanol–water partition coefficient (Wildman–Crippen LogP) is 2.22. The van der Waals surface area contributed by atoms with Crippen LogP contribution in [-0.2, 0) is 16.1 Å². The van der Waals surface area contributed by atoms with Crippen molar-refractivity contribution in [3.63, 3.8) is 0 Å². The SMILES string of the molecule is CCOC(=O)c1ccc(NC(=O)Cn2cnc3nc(N4CCSCC4)sc3c2=O)cc1. The molecule has 3 heterocycles. The van der Waals surface area contributed by atoms with E-state index in [9.17, 15) is 14.4 Å². The minimum Gasteiger partial charge on any atom is -0.462 e. The minimum atomic E-state index is -0.418. The highest BCUT2D eigenvalue weighted by atomic mass is 32.2. The third-order valence-corrected chi connectivity index (χ3v) is 6.68. The zero-order chi connectivity index (χ0) is 21.8. The first-order chi connectivity index (χ1) is 15.0. The molecule has 0 unspecified atom stereocenters. The van der Waals surface area contributed by atoms with Gasteiger partial charge in [-0.3, -0.25) is 14.2 Å². The van der Waals surface area contributed by atoms with Crippen molar-refractivity contribution >= 4 is 56.1 Å². The van der Waals surface area contributed by atoms with Crippen LogP contribution < -0.4 is 15.8 Å². The average Bonchev–Trinajstić information content (AvgIpc) is 3.22. The fraction of sp³-hybridized carbons (Fsp3) is 0.350. The lowest BCUT2D eigenvalue weighted by Gasteiger charge is -2.25. The molecule has 0 saturated carbocycles. The Morgan fingerprint density at radius 2 is 1.94 bits per heavy atom. The molecule has 0 atom stereocenters. The first-order valence-electron chi connectivity index (χ1n) is 9.81. The molecule has 1 saturated heterocycles. The van der Waals surface area contributed by atoms with Gasteiger partial charge in [0.15, 0.2) is 10.8 Å². The molecule has 4 rings (SSSR count). The third-order valence-electron chi connectivity index (χ3n) is 4.65.